The lowest BCUT2D eigenvalue weighted by Gasteiger charge is -2.27. The molecule has 1 aliphatic heterocycles. The van der Waals surface area contributed by atoms with Crippen molar-refractivity contribution < 1.29 is 18.7 Å². The van der Waals surface area contributed by atoms with Gasteiger partial charge >= 0.3 is 11.6 Å². The molecule has 2 heterocycles. The summed E-state index contributed by atoms with van der Waals surface area (Å²) in [4.78, 5) is 39.0. The van der Waals surface area contributed by atoms with Gasteiger partial charge in [-0.25, -0.2) is 4.79 Å². The van der Waals surface area contributed by atoms with E-state index < -0.39 is 11.6 Å². The molecule has 2 aromatic carbocycles. The highest BCUT2D eigenvalue weighted by molar-refractivity contribution is 8.00. The Bertz CT molecular complexity index is 1180. The molecule has 1 amide bonds. The zero-order valence-electron chi connectivity index (χ0n) is 16.1. The Morgan fingerprint density at radius 3 is 2.72 bits per heavy atom. The van der Waals surface area contributed by atoms with E-state index in [1.807, 2.05) is 44.2 Å². The number of ether oxygens (including phenoxy) is 1. The SMILES string of the molecule is Cc1cc2oc(=O)cc(COC(=O)CN3C(=O)CSc4ccccc43)c2cc1C. The third kappa shape index (κ3) is 3.91. The van der Waals surface area contributed by atoms with Crippen LogP contribution >= 0.6 is 11.8 Å². The van der Waals surface area contributed by atoms with Gasteiger partial charge in [0.15, 0.2) is 0 Å². The summed E-state index contributed by atoms with van der Waals surface area (Å²) in [5, 5.41) is 0.733. The van der Waals surface area contributed by atoms with Crippen LogP contribution in [-0.4, -0.2) is 24.2 Å². The maximum Gasteiger partial charge on any atom is 0.336 e. The molecular formula is C22H19NO5S. The van der Waals surface area contributed by atoms with E-state index in [0.717, 1.165) is 21.4 Å². The molecule has 4 rings (SSSR count). The monoisotopic (exact) mass is 409 g/mol. The lowest BCUT2D eigenvalue weighted by atomic mass is 10.0. The molecule has 0 atom stereocenters. The summed E-state index contributed by atoms with van der Waals surface area (Å²) in [5.74, 6) is -0.388. The van der Waals surface area contributed by atoms with E-state index in [1.54, 1.807) is 6.07 Å². The summed E-state index contributed by atoms with van der Waals surface area (Å²) in [6.45, 7) is 3.66. The van der Waals surface area contributed by atoms with Crippen LogP contribution in [0.1, 0.15) is 16.7 Å². The number of fused-ring (bicyclic) bond motifs is 2. The Morgan fingerprint density at radius 2 is 1.90 bits per heavy atom. The lowest BCUT2D eigenvalue weighted by molar-refractivity contribution is -0.144. The number of amides is 1. The molecule has 0 saturated carbocycles. The van der Waals surface area contributed by atoms with E-state index in [9.17, 15) is 14.4 Å². The van der Waals surface area contributed by atoms with Crippen molar-refractivity contribution in [2.45, 2.75) is 25.3 Å². The van der Waals surface area contributed by atoms with Crippen molar-refractivity contribution in [2.24, 2.45) is 0 Å². The third-order valence-corrected chi connectivity index (χ3v) is 5.98. The molecule has 7 heteroatoms. The van der Waals surface area contributed by atoms with Gasteiger partial charge in [0.25, 0.3) is 0 Å². The van der Waals surface area contributed by atoms with E-state index >= 15 is 0 Å². The number of carbonyl (C=O) groups excluding carboxylic acids is 2. The summed E-state index contributed by atoms with van der Waals surface area (Å²) >= 11 is 1.45. The first kappa shape index (κ1) is 19.3. The lowest BCUT2D eigenvalue weighted by Crippen LogP contribution is -2.39. The van der Waals surface area contributed by atoms with Crippen LogP contribution in [0.15, 0.2) is 56.6 Å². The standard InChI is InChI=1S/C22H19NO5S/c1-13-7-16-15(9-21(25)28-18(16)8-14(13)2)11-27-22(26)10-23-17-5-3-4-6-19(17)29-12-20(23)24/h3-9H,10-12H2,1-2H3. The van der Waals surface area contributed by atoms with Crippen LogP contribution in [0.3, 0.4) is 0 Å². The Morgan fingerprint density at radius 1 is 1.14 bits per heavy atom. The van der Waals surface area contributed by atoms with Crippen LogP contribution in [0.25, 0.3) is 11.0 Å². The molecule has 6 nitrogen and oxygen atoms in total. The molecule has 3 aromatic rings. The number of para-hydroxylation sites is 1. The highest BCUT2D eigenvalue weighted by Gasteiger charge is 2.26. The number of hydrogen-bond donors (Lipinski definition) is 0. The average Bonchev–Trinajstić information content (AvgIpc) is 2.69. The van der Waals surface area contributed by atoms with Gasteiger partial charge in [0, 0.05) is 21.9 Å². The second kappa shape index (κ2) is 7.75. The molecule has 29 heavy (non-hydrogen) atoms. The number of rotatable bonds is 4. The van der Waals surface area contributed by atoms with Crippen LogP contribution in [0.5, 0.6) is 0 Å². The second-order valence-corrected chi connectivity index (χ2v) is 7.94. The number of nitrogens with zero attached hydrogens (tertiary/aromatic N) is 1. The van der Waals surface area contributed by atoms with Gasteiger partial charge in [-0.3, -0.25) is 14.5 Å². The highest BCUT2D eigenvalue weighted by atomic mass is 32.2. The molecule has 0 aliphatic carbocycles. The number of thioether (sulfide) groups is 1. The Labute approximate surface area is 171 Å². The largest absolute Gasteiger partial charge is 0.459 e. The van der Waals surface area contributed by atoms with Crippen LogP contribution in [0.2, 0.25) is 0 Å². The minimum Gasteiger partial charge on any atom is -0.459 e. The maximum absolute atomic E-state index is 12.5. The third-order valence-electron chi connectivity index (χ3n) is 4.93. The van der Waals surface area contributed by atoms with Gasteiger partial charge < -0.3 is 9.15 Å². The minimum atomic E-state index is -0.537. The molecular weight excluding hydrogens is 390 g/mol. The summed E-state index contributed by atoms with van der Waals surface area (Å²) in [7, 11) is 0. The smallest absolute Gasteiger partial charge is 0.336 e. The predicted octanol–water partition coefficient (Wildman–Crippen LogP) is 3.59. The van der Waals surface area contributed by atoms with Gasteiger partial charge in [0.05, 0.1) is 11.4 Å². The molecule has 0 unspecified atom stereocenters. The maximum atomic E-state index is 12.5. The number of benzene rings is 2. The van der Waals surface area contributed by atoms with Crippen molar-refractivity contribution in [3.05, 3.63) is 69.6 Å². The normalized spacial score (nSPS) is 13.4. The molecule has 0 radical (unpaired) electrons. The predicted molar refractivity (Wildman–Crippen MR) is 111 cm³/mol. The van der Waals surface area contributed by atoms with Crippen molar-refractivity contribution in [2.75, 3.05) is 17.2 Å². The fraction of sp³-hybridized carbons (Fsp3) is 0.227. The van der Waals surface area contributed by atoms with Crippen molar-refractivity contribution >= 4 is 40.3 Å². The first-order valence-electron chi connectivity index (χ1n) is 9.14. The van der Waals surface area contributed by atoms with Crippen LogP contribution in [-0.2, 0) is 20.9 Å². The van der Waals surface area contributed by atoms with Crippen molar-refractivity contribution in [3.63, 3.8) is 0 Å². The molecule has 0 bridgehead atoms. The van der Waals surface area contributed by atoms with E-state index in [0.29, 0.717) is 16.8 Å². The summed E-state index contributed by atoms with van der Waals surface area (Å²) in [6, 6.07) is 12.5. The van der Waals surface area contributed by atoms with Gasteiger partial charge in [-0.05, 0) is 49.2 Å². The molecule has 0 saturated heterocycles. The van der Waals surface area contributed by atoms with E-state index in [2.05, 4.69) is 0 Å². The number of anilines is 1. The van der Waals surface area contributed by atoms with Gasteiger partial charge in [-0.1, -0.05) is 12.1 Å². The number of carbonyl (C=O) groups is 2. The Kier molecular flexibility index (Phi) is 5.15. The van der Waals surface area contributed by atoms with Gasteiger partial charge in [0.1, 0.15) is 18.7 Å². The summed E-state index contributed by atoms with van der Waals surface area (Å²) in [5.41, 5.74) is 3.31. The van der Waals surface area contributed by atoms with Crippen molar-refractivity contribution in [3.8, 4) is 0 Å². The molecule has 148 valence electrons. The van der Waals surface area contributed by atoms with Crippen LogP contribution < -0.4 is 10.5 Å². The number of hydrogen-bond acceptors (Lipinski definition) is 6. The zero-order valence-corrected chi connectivity index (χ0v) is 16.9. The topological polar surface area (TPSA) is 76.8 Å². The van der Waals surface area contributed by atoms with Crippen LogP contribution in [0, 0.1) is 13.8 Å². The van der Waals surface area contributed by atoms with Crippen molar-refractivity contribution in [1.29, 1.82) is 0 Å². The first-order valence-corrected chi connectivity index (χ1v) is 10.1. The Hall–Kier alpha value is -3.06. The Balaban J connectivity index is 1.53. The van der Waals surface area contributed by atoms with E-state index in [4.69, 9.17) is 9.15 Å². The van der Waals surface area contributed by atoms with Gasteiger partial charge in [-0.15, -0.1) is 11.8 Å². The average molecular weight is 409 g/mol. The van der Waals surface area contributed by atoms with E-state index in [-0.39, 0.29) is 24.8 Å². The highest BCUT2D eigenvalue weighted by Crippen LogP contribution is 2.34. The molecule has 1 aromatic heterocycles. The fourth-order valence-electron chi connectivity index (χ4n) is 3.26. The molecule has 0 N–H and O–H groups in total. The van der Waals surface area contributed by atoms with Gasteiger partial charge in [0.2, 0.25) is 5.91 Å². The van der Waals surface area contributed by atoms with E-state index in [1.165, 1.54) is 22.7 Å². The van der Waals surface area contributed by atoms with Gasteiger partial charge in [-0.2, -0.15) is 0 Å². The summed E-state index contributed by atoms with van der Waals surface area (Å²) < 4.78 is 10.7. The zero-order chi connectivity index (χ0) is 20.5. The number of esters is 1. The molecule has 0 fully saturated rings. The fourth-order valence-corrected chi connectivity index (χ4v) is 4.20. The van der Waals surface area contributed by atoms with Crippen LogP contribution in [0.4, 0.5) is 5.69 Å². The molecule has 0 spiro atoms. The minimum absolute atomic E-state index is 0.0676. The molecule has 1 aliphatic rings. The quantitative estimate of drug-likeness (QED) is 0.484. The first-order chi connectivity index (χ1) is 13.9. The number of aryl methyl sites for hydroxylation is 2. The van der Waals surface area contributed by atoms with Crippen molar-refractivity contribution in [1.82, 2.24) is 0 Å². The second-order valence-electron chi connectivity index (χ2n) is 6.92. The summed E-state index contributed by atoms with van der Waals surface area (Å²) in [6.07, 6.45) is 0.